The van der Waals surface area contributed by atoms with Crippen molar-refractivity contribution in [1.82, 2.24) is 15.3 Å². The van der Waals surface area contributed by atoms with E-state index in [1.165, 1.54) is 18.2 Å². The number of carbonyl (C=O) groups is 1. The fourth-order valence-electron chi connectivity index (χ4n) is 4.52. The van der Waals surface area contributed by atoms with Crippen molar-refractivity contribution < 1.29 is 27.8 Å². The van der Waals surface area contributed by atoms with E-state index >= 15 is 0 Å². The third kappa shape index (κ3) is 5.13. The SMILES string of the molecule is Cc1ccc([C@@H](Oc2cc(N3CCC4(CC3)CN[C@H](C(=O)O)C4)nc(N)n2)C(F)(F)F)cc1. The fourth-order valence-corrected chi connectivity index (χ4v) is 4.52. The van der Waals surface area contributed by atoms with Gasteiger partial charge in [-0.3, -0.25) is 4.79 Å². The van der Waals surface area contributed by atoms with Gasteiger partial charge in [-0.15, -0.1) is 0 Å². The van der Waals surface area contributed by atoms with Crippen LogP contribution in [0.15, 0.2) is 30.3 Å². The largest absolute Gasteiger partial charge is 0.480 e. The Morgan fingerprint density at radius 1 is 1.27 bits per heavy atom. The Morgan fingerprint density at radius 2 is 1.94 bits per heavy atom. The molecule has 0 aliphatic carbocycles. The summed E-state index contributed by atoms with van der Waals surface area (Å²) in [5.41, 5.74) is 6.49. The van der Waals surface area contributed by atoms with E-state index in [0.717, 1.165) is 18.4 Å². The summed E-state index contributed by atoms with van der Waals surface area (Å²) in [6.45, 7) is 3.56. The molecule has 2 aliphatic rings. The van der Waals surface area contributed by atoms with E-state index in [2.05, 4.69) is 15.3 Å². The number of rotatable bonds is 5. The zero-order valence-electron chi connectivity index (χ0n) is 18.1. The molecule has 4 N–H and O–H groups in total. The molecule has 2 saturated heterocycles. The first kappa shape index (κ1) is 23.1. The summed E-state index contributed by atoms with van der Waals surface area (Å²) in [5.74, 6) is -0.902. The van der Waals surface area contributed by atoms with Crippen LogP contribution in [0.4, 0.5) is 24.9 Å². The molecule has 0 radical (unpaired) electrons. The normalized spacial score (nSPS) is 21.2. The number of carboxylic acids is 1. The molecular formula is C22H26F3N5O3. The summed E-state index contributed by atoms with van der Waals surface area (Å²) >= 11 is 0. The first-order valence-corrected chi connectivity index (χ1v) is 10.7. The molecule has 2 aromatic rings. The lowest BCUT2D eigenvalue weighted by Gasteiger charge is -2.39. The van der Waals surface area contributed by atoms with Crippen LogP contribution in [0.1, 0.15) is 36.5 Å². The molecule has 4 rings (SSSR count). The third-order valence-electron chi connectivity index (χ3n) is 6.43. The lowest BCUT2D eigenvalue weighted by Crippen LogP contribution is -2.41. The summed E-state index contributed by atoms with van der Waals surface area (Å²) in [4.78, 5) is 21.2. The van der Waals surface area contributed by atoms with Gasteiger partial charge in [-0.2, -0.15) is 23.1 Å². The first-order valence-electron chi connectivity index (χ1n) is 10.7. The molecule has 0 amide bonds. The van der Waals surface area contributed by atoms with Gasteiger partial charge < -0.3 is 25.8 Å². The van der Waals surface area contributed by atoms with Crippen LogP contribution < -0.4 is 20.7 Å². The topological polar surface area (TPSA) is 114 Å². The number of alkyl halides is 3. The number of halogens is 3. The van der Waals surface area contributed by atoms with Crippen molar-refractivity contribution in [2.45, 2.75) is 44.5 Å². The van der Waals surface area contributed by atoms with E-state index in [1.807, 2.05) is 4.90 Å². The highest BCUT2D eigenvalue weighted by molar-refractivity contribution is 5.74. The second-order valence-electron chi connectivity index (χ2n) is 8.84. The second-order valence-corrected chi connectivity index (χ2v) is 8.84. The summed E-state index contributed by atoms with van der Waals surface area (Å²) in [6.07, 6.45) is -4.82. The average molecular weight is 465 g/mol. The molecule has 33 heavy (non-hydrogen) atoms. The van der Waals surface area contributed by atoms with Crippen molar-refractivity contribution in [2.75, 3.05) is 30.3 Å². The highest BCUT2D eigenvalue weighted by Crippen LogP contribution is 2.41. The molecular weight excluding hydrogens is 439 g/mol. The number of anilines is 2. The first-order chi connectivity index (χ1) is 15.5. The van der Waals surface area contributed by atoms with Crippen molar-refractivity contribution in [3.63, 3.8) is 0 Å². The minimum Gasteiger partial charge on any atom is -0.480 e. The molecule has 178 valence electrons. The van der Waals surface area contributed by atoms with Gasteiger partial charge in [0.1, 0.15) is 11.9 Å². The second kappa shape index (κ2) is 8.69. The lowest BCUT2D eigenvalue weighted by atomic mass is 9.76. The number of piperidine rings is 1. The Kier molecular flexibility index (Phi) is 6.08. The van der Waals surface area contributed by atoms with Crippen LogP contribution in [0.3, 0.4) is 0 Å². The molecule has 2 fully saturated rings. The van der Waals surface area contributed by atoms with E-state index in [0.29, 0.717) is 31.9 Å². The van der Waals surface area contributed by atoms with Gasteiger partial charge in [0.05, 0.1) is 0 Å². The highest BCUT2D eigenvalue weighted by Gasteiger charge is 2.45. The van der Waals surface area contributed by atoms with E-state index in [-0.39, 0.29) is 22.8 Å². The minimum absolute atomic E-state index is 0.0338. The standard InChI is InChI=1S/C22H26F3N5O3/c1-13-2-4-14(5-3-13)18(22(23,24)25)33-17-10-16(28-20(26)29-17)30-8-6-21(7-9-30)11-15(19(31)32)27-12-21/h2-5,10,15,18,27H,6-9,11-12H2,1H3,(H,31,32)(H2,26,28,29)/t15-,18+/m0/s1. The van der Waals surface area contributed by atoms with Gasteiger partial charge in [0, 0.05) is 31.3 Å². The van der Waals surface area contributed by atoms with Gasteiger partial charge in [-0.05, 0) is 31.6 Å². The number of nitrogens with one attached hydrogen (secondary N) is 1. The van der Waals surface area contributed by atoms with Crippen LogP contribution >= 0.6 is 0 Å². The predicted octanol–water partition coefficient (Wildman–Crippen LogP) is 3.08. The molecule has 1 aromatic heterocycles. The highest BCUT2D eigenvalue weighted by atomic mass is 19.4. The maximum absolute atomic E-state index is 13.7. The van der Waals surface area contributed by atoms with Crippen molar-refractivity contribution in [3.8, 4) is 5.88 Å². The number of hydrogen-bond acceptors (Lipinski definition) is 7. The smallest absolute Gasteiger partial charge is 0.429 e. The van der Waals surface area contributed by atoms with Gasteiger partial charge in [0.25, 0.3) is 0 Å². The molecule has 1 spiro atoms. The molecule has 3 heterocycles. The lowest BCUT2D eigenvalue weighted by molar-refractivity contribution is -0.198. The minimum atomic E-state index is -4.65. The van der Waals surface area contributed by atoms with Crippen LogP contribution in [0.25, 0.3) is 0 Å². The molecule has 0 unspecified atom stereocenters. The molecule has 11 heteroatoms. The number of nitrogen functional groups attached to an aromatic ring is 1. The van der Waals surface area contributed by atoms with Crippen LogP contribution in [0, 0.1) is 12.3 Å². The number of nitrogens with two attached hydrogens (primary N) is 1. The third-order valence-corrected chi connectivity index (χ3v) is 6.43. The quantitative estimate of drug-likeness (QED) is 0.618. The summed E-state index contributed by atoms with van der Waals surface area (Å²) < 4.78 is 46.5. The zero-order valence-corrected chi connectivity index (χ0v) is 18.1. The number of hydrogen-bond donors (Lipinski definition) is 3. The number of aliphatic carboxylic acids is 1. The van der Waals surface area contributed by atoms with Gasteiger partial charge in [0.2, 0.25) is 17.9 Å². The Balaban J connectivity index is 1.50. The van der Waals surface area contributed by atoms with Crippen LogP contribution in [0.5, 0.6) is 5.88 Å². The summed E-state index contributed by atoms with van der Waals surface area (Å²) in [7, 11) is 0. The maximum Gasteiger partial charge on any atom is 0.429 e. The molecule has 8 nitrogen and oxygen atoms in total. The number of carboxylic acid groups (broad SMARTS) is 1. The van der Waals surface area contributed by atoms with Crippen molar-refractivity contribution in [2.24, 2.45) is 5.41 Å². The Bertz CT molecular complexity index is 1010. The Hall–Kier alpha value is -3.08. The van der Waals surface area contributed by atoms with Gasteiger partial charge in [0.15, 0.2) is 0 Å². The molecule has 0 bridgehead atoms. The number of nitrogens with zero attached hydrogens (tertiary/aromatic N) is 3. The molecule has 2 atom stereocenters. The van der Waals surface area contributed by atoms with E-state index in [9.17, 15) is 23.1 Å². The fraction of sp³-hybridized carbons (Fsp3) is 0.500. The van der Waals surface area contributed by atoms with Gasteiger partial charge in [-0.1, -0.05) is 29.8 Å². The predicted molar refractivity (Wildman–Crippen MR) is 115 cm³/mol. The van der Waals surface area contributed by atoms with Crippen LogP contribution in [-0.4, -0.2) is 52.9 Å². The molecule has 1 aromatic carbocycles. The summed E-state index contributed by atoms with van der Waals surface area (Å²) in [5, 5.41) is 12.3. The van der Waals surface area contributed by atoms with Crippen molar-refractivity contribution >= 4 is 17.7 Å². The molecule has 0 saturated carbocycles. The zero-order chi connectivity index (χ0) is 23.8. The van der Waals surface area contributed by atoms with Crippen molar-refractivity contribution in [3.05, 3.63) is 41.5 Å². The number of benzene rings is 1. The van der Waals surface area contributed by atoms with Gasteiger partial charge >= 0.3 is 12.1 Å². The average Bonchev–Trinajstić information content (AvgIpc) is 3.16. The Labute approximate surface area is 189 Å². The van der Waals surface area contributed by atoms with E-state index in [1.54, 1.807) is 19.1 Å². The monoisotopic (exact) mass is 465 g/mol. The molecule has 2 aliphatic heterocycles. The van der Waals surface area contributed by atoms with Gasteiger partial charge in [-0.25, -0.2) is 0 Å². The summed E-state index contributed by atoms with van der Waals surface area (Å²) in [6, 6.07) is 6.76. The Morgan fingerprint density at radius 3 is 2.52 bits per heavy atom. The van der Waals surface area contributed by atoms with E-state index < -0.39 is 24.3 Å². The number of ether oxygens (including phenoxy) is 1. The number of aromatic nitrogens is 2. The van der Waals surface area contributed by atoms with Crippen molar-refractivity contribution in [1.29, 1.82) is 0 Å². The van der Waals surface area contributed by atoms with Crippen LogP contribution in [-0.2, 0) is 4.79 Å². The van der Waals surface area contributed by atoms with E-state index in [4.69, 9.17) is 10.5 Å². The van der Waals surface area contributed by atoms with Crippen LogP contribution in [0.2, 0.25) is 0 Å². The maximum atomic E-state index is 13.7. The number of aryl methyl sites for hydroxylation is 1.